The van der Waals surface area contributed by atoms with Gasteiger partial charge in [-0.05, 0) is 45.4 Å². The number of hydrogen-bond donors (Lipinski definition) is 0. The second-order valence-electron chi connectivity index (χ2n) is 13.3. The minimum Gasteiger partial charge on any atom is -0.293 e. The fourth-order valence-corrected chi connectivity index (χ4v) is 14.7. The number of benzene rings is 7. The minimum atomic E-state index is -2.90. The van der Waals surface area contributed by atoms with Gasteiger partial charge in [-0.2, -0.15) is 0 Å². The van der Waals surface area contributed by atoms with Crippen molar-refractivity contribution in [1.29, 1.82) is 0 Å². The van der Waals surface area contributed by atoms with E-state index in [2.05, 4.69) is 180 Å². The van der Waals surface area contributed by atoms with Crippen molar-refractivity contribution >= 4 is 82.3 Å². The largest absolute Gasteiger partial charge is 0.293 e. The normalized spacial score (nSPS) is 13.3. The Morgan fingerprint density at radius 1 is 0.471 bits per heavy atom. The third-order valence-corrected chi connectivity index (χ3v) is 16.5. The van der Waals surface area contributed by atoms with Gasteiger partial charge in [0.05, 0.1) is 16.4 Å². The molecule has 0 saturated heterocycles. The molecular formula is C46H29N3SSi. The Morgan fingerprint density at radius 3 is 1.86 bits per heavy atom. The highest BCUT2D eigenvalue weighted by atomic mass is 32.1. The summed E-state index contributed by atoms with van der Waals surface area (Å²) in [6.45, 7) is 0. The third kappa shape index (κ3) is 3.99. The van der Waals surface area contributed by atoms with Gasteiger partial charge < -0.3 is 0 Å². The maximum atomic E-state index is 5.69. The van der Waals surface area contributed by atoms with Crippen molar-refractivity contribution in [1.82, 2.24) is 14.5 Å². The first-order valence-corrected chi connectivity index (χ1v) is 20.2. The molecule has 7 aromatic carbocycles. The van der Waals surface area contributed by atoms with Crippen LogP contribution in [-0.4, -0.2) is 22.6 Å². The van der Waals surface area contributed by atoms with Crippen LogP contribution in [-0.2, 0) is 0 Å². The summed E-state index contributed by atoms with van der Waals surface area (Å²) in [5, 5.41) is 10.2. The molecule has 10 aromatic rings. The zero-order valence-electron chi connectivity index (χ0n) is 27.5. The molecule has 0 bridgehead atoms. The molecule has 0 saturated carbocycles. The van der Waals surface area contributed by atoms with Crippen LogP contribution < -0.4 is 20.9 Å². The van der Waals surface area contributed by atoms with Crippen LogP contribution in [0.5, 0.6) is 0 Å². The molecule has 0 atom stereocenters. The lowest BCUT2D eigenvalue weighted by molar-refractivity contribution is 1.06. The maximum absolute atomic E-state index is 5.69. The molecule has 0 spiro atoms. The molecule has 51 heavy (non-hydrogen) atoms. The third-order valence-electron chi connectivity index (χ3n) is 10.7. The Morgan fingerprint density at radius 2 is 1.10 bits per heavy atom. The molecule has 4 heterocycles. The van der Waals surface area contributed by atoms with Crippen molar-refractivity contribution < 1.29 is 0 Å². The molecule has 0 N–H and O–H groups in total. The standard InChI is InChI=1S/C46H29N3SSi/c1-4-16-30(17-5-1)44-47-45(49-38-25-13-10-22-33(38)36-28-37-34-23-11-14-26-40(34)50-41(37)29-39(36)49)43-35-24-12-15-27-42(35)51(46(43)48-44,31-18-6-2-7-19-31)32-20-8-3-9-21-32/h1-29H. The Balaban J connectivity index is 1.35. The number of para-hydroxylation sites is 1. The Bertz CT molecular complexity index is 2930. The number of rotatable bonds is 4. The monoisotopic (exact) mass is 683 g/mol. The highest BCUT2D eigenvalue weighted by Crippen LogP contribution is 2.42. The highest BCUT2D eigenvalue weighted by Gasteiger charge is 2.51. The van der Waals surface area contributed by atoms with Crippen LogP contribution in [0.4, 0.5) is 0 Å². The zero-order chi connectivity index (χ0) is 33.5. The van der Waals surface area contributed by atoms with Crippen LogP contribution >= 0.6 is 11.3 Å². The molecule has 1 aliphatic rings. The summed E-state index contributed by atoms with van der Waals surface area (Å²) in [4.78, 5) is 11.3. The minimum absolute atomic E-state index is 0.745. The van der Waals surface area contributed by atoms with E-state index in [1.54, 1.807) is 0 Å². The SMILES string of the molecule is c1ccc(-c2nc(-n3c4ccccc4c4cc5c(cc43)sc3ccccc35)c3c(n2)[Si](c2ccccc2)(c2ccccc2)c2ccccc2-3)cc1. The zero-order valence-corrected chi connectivity index (χ0v) is 29.3. The fraction of sp³-hybridized carbons (Fsp3) is 0. The molecule has 1 aliphatic heterocycles. The predicted molar refractivity (Wildman–Crippen MR) is 217 cm³/mol. The summed E-state index contributed by atoms with van der Waals surface area (Å²) in [7, 11) is -2.90. The Labute approximate surface area is 299 Å². The first kappa shape index (κ1) is 28.7. The van der Waals surface area contributed by atoms with E-state index >= 15 is 0 Å². The molecule has 0 radical (unpaired) electrons. The summed E-state index contributed by atoms with van der Waals surface area (Å²) in [5.41, 5.74) is 5.66. The predicted octanol–water partition coefficient (Wildman–Crippen LogP) is 8.97. The molecule has 238 valence electrons. The highest BCUT2D eigenvalue weighted by molar-refractivity contribution is 7.26. The second kappa shape index (κ2) is 10.9. The smallest absolute Gasteiger partial charge is 0.203 e. The molecule has 11 rings (SSSR count). The van der Waals surface area contributed by atoms with Gasteiger partial charge in [0.1, 0.15) is 5.82 Å². The Hall–Kier alpha value is -6.14. The number of fused-ring (bicyclic) bond motifs is 9. The van der Waals surface area contributed by atoms with Crippen molar-refractivity contribution in [2.24, 2.45) is 0 Å². The molecule has 0 fully saturated rings. The van der Waals surface area contributed by atoms with Gasteiger partial charge in [-0.1, -0.05) is 152 Å². The van der Waals surface area contributed by atoms with Gasteiger partial charge >= 0.3 is 0 Å². The summed E-state index contributed by atoms with van der Waals surface area (Å²) in [6, 6.07) is 64.1. The van der Waals surface area contributed by atoms with Gasteiger partial charge in [-0.3, -0.25) is 4.57 Å². The van der Waals surface area contributed by atoms with Gasteiger partial charge in [0.15, 0.2) is 5.82 Å². The lowest BCUT2D eigenvalue weighted by Crippen LogP contribution is -2.73. The first-order chi connectivity index (χ1) is 25.3. The van der Waals surface area contributed by atoms with Gasteiger partial charge in [-0.15, -0.1) is 11.3 Å². The number of hydrogen-bond acceptors (Lipinski definition) is 3. The Kier molecular flexibility index (Phi) is 6.14. The topological polar surface area (TPSA) is 30.7 Å². The molecule has 0 unspecified atom stereocenters. The van der Waals surface area contributed by atoms with Crippen LogP contribution in [0.1, 0.15) is 0 Å². The van der Waals surface area contributed by atoms with Crippen molar-refractivity contribution in [3.05, 3.63) is 176 Å². The molecule has 3 aromatic heterocycles. The van der Waals surface area contributed by atoms with Crippen LogP contribution in [0, 0.1) is 0 Å². The average molecular weight is 684 g/mol. The summed E-state index contributed by atoms with van der Waals surface area (Å²) in [6.07, 6.45) is 0. The van der Waals surface area contributed by atoms with Crippen molar-refractivity contribution in [3.8, 4) is 28.3 Å². The summed E-state index contributed by atoms with van der Waals surface area (Å²) in [5.74, 6) is 1.67. The average Bonchev–Trinajstić information content (AvgIpc) is 3.83. The van der Waals surface area contributed by atoms with E-state index in [0.29, 0.717) is 0 Å². The molecular weight excluding hydrogens is 655 g/mol. The van der Waals surface area contributed by atoms with E-state index < -0.39 is 8.07 Å². The van der Waals surface area contributed by atoms with Crippen molar-refractivity contribution in [3.63, 3.8) is 0 Å². The van der Waals surface area contributed by atoms with Gasteiger partial charge in [-0.25, -0.2) is 9.97 Å². The van der Waals surface area contributed by atoms with E-state index in [0.717, 1.165) is 39.1 Å². The second-order valence-corrected chi connectivity index (χ2v) is 18.1. The quantitative estimate of drug-likeness (QED) is 0.174. The van der Waals surface area contributed by atoms with E-state index in [-0.39, 0.29) is 0 Å². The molecule has 0 amide bonds. The number of thiophene rings is 1. The van der Waals surface area contributed by atoms with Crippen LogP contribution in [0.25, 0.3) is 70.3 Å². The molecule has 0 aliphatic carbocycles. The van der Waals surface area contributed by atoms with Gasteiger partial charge in [0.2, 0.25) is 8.07 Å². The van der Waals surface area contributed by atoms with Crippen LogP contribution in [0.15, 0.2) is 176 Å². The first-order valence-electron chi connectivity index (χ1n) is 17.3. The van der Waals surface area contributed by atoms with Crippen LogP contribution in [0.3, 0.4) is 0 Å². The maximum Gasteiger partial charge on any atom is 0.203 e. The van der Waals surface area contributed by atoms with E-state index in [1.165, 1.54) is 52.1 Å². The lowest BCUT2D eigenvalue weighted by atomic mass is 10.1. The van der Waals surface area contributed by atoms with Crippen molar-refractivity contribution in [2.75, 3.05) is 0 Å². The number of aromatic nitrogens is 3. The van der Waals surface area contributed by atoms with E-state index in [4.69, 9.17) is 9.97 Å². The summed E-state index contributed by atoms with van der Waals surface area (Å²) >= 11 is 1.86. The molecule has 3 nitrogen and oxygen atoms in total. The van der Waals surface area contributed by atoms with E-state index in [9.17, 15) is 0 Å². The molecule has 5 heteroatoms. The van der Waals surface area contributed by atoms with Gasteiger partial charge in [0, 0.05) is 42.1 Å². The lowest BCUT2D eigenvalue weighted by Gasteiger charge is -2.30. The van der Waals surface area contributed by atoms with Gasteiger partial charge in [0.25, 0.3) is 0 Å². The number of nitrogens with zero attached hydrogens (tertiary/aromatic N) is 3. The summed E-state index contributed by atoms with van der Waals surface area (Å²) < 4.78 is 5.01. The van der Waals surface area contributed by atoms with E-state index in [1.807, 2.05) is 11.3 Å². The van der Waals surface area contributed by atoms with Crippen molar-refractivity contribution in [2.45, 2.75) is 0 Å². The fourth-order valence-electron chi connectivity index (χ4n) is 8.55. The van der Waals surface area contributed by atoms with Crippen LogP contribution in [0.2, 0.25) is 0 Å².